The lowest BCUT2D eigenvalue weighted by Gasteiger charge is -2.13. The topological polar surface area (TPSA) is 20.2 Å². The summed E-state index contributed by atoms with van der Waals surface area (Å²) in [5.41, 5.74) is 0.493. The van der Waals surface area contributed by atoms with E-state index in [1.165, 1.54) is 0 Å². The molecule has 74 valence electrons. The molecule has 0 radical (unpaired) electrons. The fourth-order valence-electron chi connectivity index (χ4n) is 1.08. The molecule has 0 amide bonds. The first-order valence-corrected chi connectivity index (χ1v) is 4.45. The number of aliphatic hydroxyl groups is 1. The van der Waals surface area contributed by atoms with Gasteiger partial charge >= 0.3 is 6.18 Å². The van der Waals surface area contributed by atoms with Crippen LogP contribution in [-0.4, -0.2) is 11.3 Å². The molecule has 0 aliphatic carbocycles. The Morgan fingerprint density at radius 2 is 1.92 bits per heavy atom. The van der Waals surface area contributed by atoms with Crippen molar-refractivity contribution in [3.05, 3.63) is 21.4 Å². The monoisotopic (exact) mass is 210 g/mol. The van der Waals surface area contributed by atoms with Crippen molar-refractivity contribution in [2.45, 2.75) is 26.1 Å². The van der Waals surface area contributed by atoms with Gasteiger partial charge in [0.15, 0.2) is 6.10 Å². The van der Waals surface area contributed by atoms with Crippen LogP contribution in [0.3, 0.4) is 0 Å². The second kappa shape index (κ2) is 3.31. The lowest BCUT2D eigenvalue weighted by molar-refractivity contribution is -0.205. The minimum absolute atomic E-state index is 0.00926. The van der Waals surface area contributed by atoms with Crippen LogP contribution in [0.5, 0.6) is 0 Å². The smallest absolute Gasteiger partial charge is 0.379 e. The molecule has 0 saturated carbocycles. The summed E-state index contributed by atoms with van der Waals surface area (Å²) in [7, 11) is 0. The van der Waals surface area contributed by atoms with Gasteiger partial charge in [0.05, 0.1) is 0 Å². The normalized spacial score (nSPS) is 14.6. The Morgan fingerprint density at radius 1 is 1.38 bits per heavy atom. The molecule has 1 nitrogen and oxygen atoms in total. The number of hydrogen-bond donors (Lipinski definition) is 1. The van der Waals surface area contributed by atoms with Crippen molar-refractivity contribution in [2.75, 3.05) is 0 Å². The number of alkyl halides is 3. The van der Waals surface area contributed by atoms with E-state index >= 15 is 0 Å². The Morgan fingerprint density at radius 3 is 2.23 bits per heavy atom. The van der Waals surface area contributed by atoms with Crippen LogP contribution in [0.25, 0.3) is 0 Å². The molecule has 1 rings (SSSR count). The van der Waals surface area contributed by atoms with E-state index in [2.05, 4.69) is 0 Å². The predicted octanol–water partition coefficient (Wildman–Crippen LogP) is 2.96. The molecule has 0 saturated heterocycles. The third kappa shape index (κ3) is 2.22. The molecule has 0 aromatic carbocycles. The fourth-order valence-corrected chi connectivity index (χ4v) is 2.13. The highest BCUT2D eigenvalue weighted by Gasteiger charge is 2.40. The summed E-state index contributed by atoms with van der Waals surface area (Å²) in [5, 5.41) is 8.94. The van der Waals surface area contributed by atoms with Crippen molar-refractivity contribution in [3.63, 3.8) is 0 Å². The average Bonchev–Trinajstić information content (AvgIpc) is 2.26. The first-order valence-electron chi connectivity index (χ1n) is 3.64. The fraction of sp³-hybridized carbons (Fsp3) is 0.500. The van der Waals surface area contributed by atoms with E-state index in [1.54, 1.807) is 19.9 Å². The molecule has 0 aliphatic rings. The summed E-state index contributed by atoms with van der Waals surface area (Å²) in [6, 6.07) is 1.63. The van der Waals surface area contributed by atoms with Gasteiger partial charge < -0.3 is 5.11 Å². The van der Waals surface area contributed by atoms with E-state index in [0.717, 1.165) is 16.2 Å². The van der Waals surface area contributed by atoms with Gasteiger partial charge in [-0.3, -0.25) is 0 Å². The van der Waals surface area contributed by atoms with Gasteiger partial charge in [-0.15, -0.1) is 11.3 Å². The molecule has 0 fully saturated rings. The molecule has 1 heterocycles. The lowest BCUT2D eigenvalue weighted by Crippen LogP contribution is -2.19. The number of halogens is 3. The molecule has 13 heavy (non-hydrogen) atoms. The molecule has 1 aromatic heterocycles. The maximum Gasteiger partial charge on any atom is 0.419 e. The maximum atomic E-state index is 12.1. The Balaban J connectivity index is 3.01. The highest BCUT2D eigenvalue weighted by Crippen LogP contribution is 2.37. The Labute approximate surface area is 77.8 Å². The third-order valence-corrected chi connectivity index (χ3v) is 2.84. The first-order chi connectivity index (χ1) is 5.82. The van der Waals surface area contributed by atoms with Crippen LogP contribution in [0.15, 0.2) is 6.07 Å². The van der Waals surface area contributed by atoms with E-state index in [-0.39, 0.29) is 4.88 Å². The largest absolute Gasteiger partial charge is 0.419 e. The van der Waals surface area contributed by atoms with Gasteiger partial charge in [0.2, 0.25) is 0 Å². The molecule has 1 N–H and O–H groups in total. The van der Waals surface area contributed by atoms with Crippen molar-refractivity contribution in [1.82, 2.24) is 0 Å². The quantitative estimate of drug-likeness (QED) is 0.755. The number of aryl methyl sites for hydroxylation is 2. The summed E-state index contributed by atoms with van der Waals surface area (Å²) in [5.74, 6) is 0. The molecule has 5 heteroatoms. The summed E-state index contributed by atoms with van der Waals surface area (Å²) >= 11 is 0.979. The van der Waals surface area contributed by atoms with Crippen LogP contribution in [0.4, 0.5) is 13.2 Å². The molecular formula is C8H9F3OS. The van der Waals surface area contributed by atoms with Gasteiger partial charge in [0, 0.05) is 9.75 Å². The van der Waals surface area contributed by atoms with Crippen LogP contribution in [-0.2, 0) is 0 Å². The van der Waals surface area contributed by atoms with Crippen LogP contribution < -0.4 is 0 Å². The van der Waals surface area contributed by atoms with Crippen molar-refractivity contribution in [2.24, 2.45) is 0 Å². The van der Waals surface area contributed by atoms with E-state index in [1.807, 2.05) is 0 Å². The summed E-state index contributed by atoms with van der Waals surface area (Å²) in [6.07, 6.45) is -6.91. The van der Waals surface area contributed by atoms with Gasteiger partial charge in [-0.2, -0.15) is 13.2 Å². The summed E-state index contributed by atoms with van der Waals surface area (Å²) in [4.78, 5) is 0.765. The predicted molar refractivity (Wildman–Crippen MR) is 44.8 cm³/mol. The van der Waals surface area contributed by atoms with Gasteiger partial charge in [-0.1, -0.05) is 0 Å². The molecule has 1 unspecified atom stereocenters. The Hall–Kier alpha value is -0.550. The Kier molecular flexibility index (Phi) is 2.68. The van der Waals surface area contributed by atoms with Crippen LogP contribution in [0.2, 0.25) is 0 Å². The lowest BCUT2D eigenvalue weighted by atomic mass is 10.2. The van der Waals surface area contributed by atoms with Gasteiger partial charge in [0.1, 0.15) is 0 Å². The highest BCUT2D eigenvalue weighted by molar-refractivity contribution is 7.12. The van der Waals surface area contributed by atoms with Crippen LogP contribution in [0, 0.1) is 13.8 Å². The molecule has 0 spiro atoms. The second-order valence-corrected chi connectivity index (χ2v) is 4.14. The van der Waals surface area contributed by atoms with Gasteiger partial charge in [-0.05, 0) is 25.5 Å². The number of aliphatic hydroxyl groups excluding tert-OH is 1. The van der Waals surface area contributed by atoms with Gasteiger partial charge in [-0.25, -0.2) is 0 Å². The first kappa shape index (κ1) is 10.5. The van der Waals surface area contributed by atoms with Crippen LogP contribution in [0.1, 0.15) is 21.4 Å². The molecule has 1 aromatic rings. The van der Waals surface area contributed by atoms with E-state index in [0.29, 0.717) is 5.56 Å². The van der Waals surface area contributed by atoms with E-state index in [9.17, 15) is 13.2 Å². The Bertz CT molecular complexity index is 303. The van der Waals surface area contributed by atoms with Crippen LogP contribution >= 0.6 is 11.3 Å². The summed E-state index contributed by atoms with van der Waals surface area (Å²) in [6.45, 7) is 3.28. The summed E-state index contributed by atoms with van der Waals surface area (Å²) < 4.78 is 36.2. The number of hydrogen-bond acceptors (Lipinski definition) is 2. The molecule has 1 atom stereocenters. The van der Waals surface area contributed by atoms with Crippen molar-refractivity contribution >= 4 is 11.3 Å². The third-order valence-electron chi connectivity index (χ3n) is 1.64. The van der Waals surface area contributed by atoms with Gasteiger partial charge in [0.25, 0.3) is 0 Å². The minimum Gasteiger partial charge on any atom is -0.379 e. The number of rotatable bonds is 1. The zero-order valence-corrected chi connectivity index (χ0v) is 7.96. The van der Waals surface area contributed by atoms with Crippen molar-refractivity contribution in [3.8, 4) is 0 Å². The maximum absolute atomic E-state index is 12.1. The van der Waals surface area contributed by atoms with E-state index < -0.39 is 12.3 Å². The zero-order valence-electron chi connectivity index (χ0n) is 7.14. The minimum atomic E-state index is -4.57. The van der Waals surface area contributed by atoms with E-state index in [4.69, 9.17) is 5.11 Å². The number of thiophene rings is 1. The SMILES string of the molecule is Cc1cc(C)c(C(O)C(F)(F)F)s1. The highest BCUT2D eigenvalue weighted by atomic mass is 32.1. The zero-order chi connectivity index (χ0) is 10.2. The molecule has 0 bridgehead atoms. The standard InChI is InChI=1S/C8H9F3OS/c1-4-3-5(2)13-6(4)7(12)8(9,10)11/h3,7,12H,1-2H3. The van der Waals surface area contributed by atoms with Crippen molar-refractivity contribution < 1.29 is 18.3 Å². The van der Waals surface area contributed by atoms with Crippen molar-refractivity contribution in [1.29, 1.82) is 0 Å². The second-order valence-electron chi connectivity index (χ2n) is 2.85. The average molecular weight is 210 g/mol. The molecule has 0 aliphatic heterocycles. The molecular weight excluding hydrogens is 201 g/mol.